The van der Waals surface area contributed by atoms with Crippen LogP contribution in [0.2, 0.25) is 0 Å². The van der Waals surface area contributed by atoms with Crippen LogP contribution in [0, 0.1) is 3.57 Å². The fourth-order valence-electron chi connectivity index (χ4n) is 1.76. The molecule has 0 fully saturated rings. The molecule has 2 aromatic carbocycles. The lowest BCUT2D eigenvalue weighted by atomic mass is 10.1. The molecular weight excluding hydrogens is 448 g/mol. The molecule has 0 saturated carbocycles. The van der Waals surface area contributed by atoms with Gasteiger partial charge in [-0.3, -0.25) is 0 Å². The zero-order valence-corrected chi connectivity index (χ0v) is 15.7. The van der Waals surface area contributed by atoms with Crippen molar-refractivity contribution >= 4 is 28.6 Å². The molecule has 0 unspecified atom stereocenters. The van der Waals surface area contributed by atoms with Gasteiger partial charge in [0.05, 0.1) is 6.61 Å². The topological polar surface area (TPSA) is 46.5 Å². The van der Waals surface area contributed by atoms with Crippen molar-refractivity contribution in [3.05, 3.63) is 52.1 Å². The van der Waals surface area contributed by atoms with Crippen molar-refractivity contribution in [3.63, 3.8) is 0 Å². The second-order valence-electron chi connectivity index (χ2n) is 5.01. The van der Waals surface area contributed by atoms with Crippen molar-refractivity contribution < 1.29 is 27.8 Å². The van der Waals surface area contributed by atoms with E-state index in [0.717, 1.165) is 18.8 Å². The average molecular weight is 466 g/mol. The van der Waals surface area contributed by atoms with Gasteiger partial charge < -0.3 is 9.84 Å². The molecule has 3 nitrogen and oxygen atoms in total. The molecule has 0 aromatic heterocycles. The van der Waals surface area contributed by atoms with Crippen molar-refractivity contribution in [2.45, 2.75) is 25.9 Å². The van der Waals surface area contributed by atoms with E-state index < -0.39 is 12.1 Å². The number of ether oxygens (including phenoxy) is 1. The van der Waals surface area contributed by atoms with Crippen molar-refractivity contribution in [2.24, 2.45) is 0 Å². The number of carbonyl (C=O) groups is 1. The van der Waals surface area contributed by atoms with E-state index >= 15 is 0 Å². The normalized spacial score (nSPS) is 10.6. The van der Waals surface area contributed by atoms with Gasteiger partial charge in [-0.1, -0.05) is 43.7 Å². The van der Waals surface area contributed by atoms with Crippen LogP contribution in [0.1, 0.15) is 19.8 Å². The monoisotopic (exact) mass is 466 g/mol. The summed E-state index contributed by atoms with van der Waals surface area (Å²) in [6.45, 7) is 2.97. The fraction of sp³-hybridized carbons (Fsp3) is 0.278. The highest BCUT2D eigenvalue weighted by molar-refractivity contribution is 14.1. The highest BCUT2D eigenvalue weighted by Crippen LogP contribution is 2.26. The molecule has 0 aliphatic carbocycles. The summed E-state index contributed by atoms with van der Waals surface area (Å²) in [7, 11) is 0. The quantitative estimate of drug-likeness (QED) is 0.450. The zero-order chi connectivity index (χ0) is 18.9. The Hall–Kier alpha value is -1.77. The SMILES string of the molecule is CCCCOc1ccc(-c2ccccc2I)cc1.O=C(O)C(F)(F)F. The van der Waals surface area contributed by atoms with E-state index in [1.54, 1.807) is 0 Å². The Bertz CT molecular complexity index is 670. The van der Waals surface area contributed by atoms with Gasteiger partial charge in [0.25, 0.3) is 0 Å². The van der Waals surface area contributed by atoms with E-state index in [-0.39, 0.29) is 0 Å². The maximum Gasteiger partial charge on any atom is 0.490 e. The van der Waals surface area contributed by atoms with Gasteiger partial charge in [0.2, 0.25) is 0 Å². The molecule has 0 heterocycles. The van der Waals surface area contributed by atoms with E-state index in [2.05, 4.69) is 65.9 Å². The van der Waals surface area contributed by atoms with Crippen LogP contribution in [-0.2, 0) is 4.79 Å². The van der Waals surface area contributed by atoms with Gasteiger partial charge in [0.1, 0.15) is 5.75 Å². The number of hydrogen-bond donors (Lipinski definition) is 1. The number of unbranched alkanes of at least 4 members (excludes halogenated alkanes) is 1. The average Bonchev–Trinajstić information content (AvgIpc) is 2.56. The molecule has 0 amide bonds. The molecule has 136 valence electrons. The molecule has 2 rings (SSSR count). The first kappa shape index (κ1) is 21.3. The van der Waals surface area contributed by atoms with Crippen LogP contribution in [-0.4, -0.2) is 23.9 Å². The molecule has 0 spiro atoms. The van der Waals surface area contributed by atoms with Gasteiger partial charge in [-0.2, -0.15) is 13.2 Å². The molecule has 0 aliphatic heterocycles. The number of benzene rings is 2. The first-order chi connectivity index (χ1) is 11.8. The Labute approximate surface area is 158 Å². The summed E-state index contributed by atoms with van der Waals surface area (Å²) < 4.78 is 38.7. The predicted octanol–water partition coefficient (Wildman–Crippen LogP) is 5.77. The largest absolute Gasteiger partial charge is 0.494 e. The Morgan fingerprint density at radius 2 is 1.68 bits per heavy atom. The minimum absolute atomic E-state index is 0.804. The van der Waals surface area contributed by atoms with E-state index in [9.17, 15) is 13.2 Å². The van der Waals surface area contributed by atoms with E-state index in [1.165, 1.54) is 21.1 Å². The van der Waals surface area contributed by atoms with Crippen molar-refractivity contribution in [1.82, 2.24) is 0 Å². The first-order valence-corrected chi connectivity index (χ1v) is 8.61. The van der Waals surface area contributed by atoms with Crippen LogP contribution >= 0.6 is 22.6 Å². The number of halogens is 4. The second-order valence-corrected chi connectivity index (χ2v) is 6.17. The molecule has 2 aromatic rings. The van der Waals surface area contributed by atoms with Crippen LogP contribution in [0.3, 0.4) is 0 Å². The molecule has 7 heteroatoms. The molecule has 0 aliphatic rings. The van der Waals surface area contributed by atoms with Gasteiger partial charge in [-0.05, 0) is 58.3 Å². The highest BCUT2D eigenvalue weighted by Gasteiger charge is 2.38. The first-order valence-electron chi connectivity index (χ1n) is 7.53. The lowest BCUT2D eigenvalue weighted by molar-refractivity contribution is -0.192. The van der Waals surface area contributed by atoms with Crippen molar-refractivity contribution in [2.75, 3.05) is 6.61 Å². The summed E-state index contributed by atoms with van der Waals surface area (Å²) in [6, 6.07) is 16.8. The van der Waals surface area contributed by atoms with Crippen LogP contribution in [0.5, 0.6) is 5.75 Å². The van der Waals surface area contributed by atoms with Crippen LogP contribution in [0.4, 0.5) is 13.2 Å². The van der Waals surface area contributed by atoms with Gasteiger partial charge >= 0.3 is 12.1 Å². The Balaban J connectivity index is 0.000000381. The van der Waals surface area contributed by atoms with Gasteiger partial charge in [0.15, 0.2) is 0 Å². The molecule has 0 atom stereocenters. The van der Waals surface area contributed by atoms with E-state index in [0.29, 0.717) is 0 Å². The molecular formula is C18H18F3IO3. The van der Waals surface area contributed by atoms with Gasteiger partial charge in [-0.15, -0.1) is 0 Å². The van der Waals surface area contributed by atoms with E-state index in [4.69, 9.17) is 14.6 Å². The summed E-state index contributed by atoms with van der Waals surface area (Å²) in [5.41, 5.74) is 2.51. The smallest absolute Gasteiger partial charge is 0.490 e. The fourth-order valence-corrected chi connectivity index (χ4v) is 2.46. The third kappa shape index (κ3) is 7.76. The number of hydrogen-bond acceptors (Lipinski definition) is 2. The van der Waals surface area contributed by atoms with E-state index in [1.807, 2.05) is 12.1 Å². The Morgan fingerprint density at radius 1 is 1.12 bits per heavy atom. The molecule has 25 heavy (non-hydrogen) atoms. The lowest BCUT2D eigenvalue weighted by Crippen LogP contribution is -2.21. The maximum atomic E-state index is 10.6. The minimum Gasteiger partial charge on any atom is -0.494 e. The maximum absolute atomic E-state index is 10.6. The molecule has 0 radical (unpaired) electrons. The number of carboxylic acids is 1. The number of rotatable bonds is 5. The van der Waals surface area contributed by atoms with Crippen LogP contribution in [0.25, 0.3) is 11.1 Å². The molecule has 1 N–H and O–H groups in total. The summed E-state index contributed by atoms with van der Waals surface area (Å²) in [6.07, 6.45) is -2.81. The summed E-state index contributed by atoms with van der Waals surface area (Å²) >= 11 is 2.37. The highest BCUT2D eigenvalue weighted by atomic mass is 127. The number of carboxylic acid groups (broad SMARTS) is 1. The zero-order valence-electron chi connectivity index (χ0n) is 13.5. The summed E-state index contributed by atoms with van der Waals surface area (Å²) in [5, 5.41) is 7.12. The Kier molecular flexibility index (Phi) is 8.74. The molecule has 0 bridgehead atoms. The standard InChI is InChI=1S/C16H17IO.C2HF3O2/c1-2-3-12-18-14-10-8-13(9-11-14)15-6-4-5-7-16(15)17;3-2(4,5)1(6)7/h4-11H,2-3,12H2,1H3;(H,6,7). The third-order valence-corrected chi connectivity index (χ3v) is 3.99. The van der Waals surface area contributed by atoms with Crippen molar-refractivity contribution in [3.8, 4) is 16.9 Å². The van der Waals surface area contributed by atoms with Gasteiger partial charge in [0, 0.05) is 3.57 Å². The Morgan fingerprint density at radius 3 is 2.16 bits per heavy atom. The van der Waals surface area contributed by atoms with Crippen molar-refractivity contribution in [1.29, 1.82) is 0 Å². The van der Waals surface area contributed by atoms with Gasteiger partial charge in [-0.25, -0.2) is 4.79 Å². The lowest BCUT2D eigenvalue weighted by Gasteiger charge is -2.08. The number of aliphatic carboxylic acids is 1. The second kappa shape index (κ2) is 10.3. The third-order valence-electron chi connectivity index (χ3n) is 3.05. The molecule has 0 saturated heterocycles. The van der Waals surface area contributed by atoms with Crippen LogP contribution < -0.4 is 4.74 Å². The number of alkyl halides is 3. The predicted molar refractivity (Wildman–Crippen MR) is 98.7 cm³/mol. The summed E-state index contributed by atoms with van der Waals surface area (Å²) in [4.78, 5) is 8.90. The van der Waals surface area contributed by atoms with Crippen LogP contribution in [0.15, 0.2) is 48.5 Å². The summed E-state index contributed by atoms with van der Waals surface area (Å²) in [5.74, 6) is -1.80. The minimum atomic E-state index is -5.08.